The minimum absolute atomic E-state index is 0.150. The number of carbonyl (C=O) groups is 1. The third-order valence-electron chi connectivity index (χ3n) is 3.76. The molecule has 28 heavy (non-hydrogen) atoms. The molecule has 2 rings (SSSR count). The Morgan fingerprint density at radius 3 is 2.57 bits per heavy atom. The van der Waals surface area contributed by atoms with Crippen molar-refractivity contribution in [2.45, 2.75) is 19.4 Å². The second-order valence-electron chi connectivity index (χ2n) is 5.78. The summed E-state index contributed by atoms with van der Waals surface area (Å²) in [5.74, 6) is -4.33. The van der Waals surface area contributed by atoms with Crippen molar-refractivity contribution in [1.29, 1.82) is 0 Å². The zero-order valence-corrected chi connectivity index (χ0v) is 16.3. The van der Waals surface area contributed by atoms with Crippen molar-refractivity contribution in [1.82, 2.24) is 5.48 Å². The SMILES string of the molecule is CCc1ccc(Nc2c(C(=O)NOCC(O)CO)cc(Br)c(F)c2F)c(F)c1. The lowest BCUT2D eigenvalue weighted by Gasteiger charge is -2.16. The number of aliphatic hydroxyl groups is 2. The van der Waals surface area contributed by atoms with Gasteiger partial charge in [-0.25, -0.2) is 18.7 Å². The van der Waals surface area contributed by atoms with Crippen LogP contribution in [-0.4, -0.2) is 35.4 Å². The number of halogens is 4. The Hall–Kier alpha value is -2.14. The number of rotatable bonds is 8. The largest absolute Gasteiger partial charge is 0.394 e. The number of hydroxylamine groups is 1. The van der Waals surface area contributed by atoms with Crippen molar-refractivity contribution in [2.24, 2.45) is 0 Å². The van der Waals surface area contributed by atoms with Crippen LogP contribution in [0.2, 0.25) is 0 Å². The molecule has 0 radical (unpaired) electrons. The van der Waals surface area contributed by atoms with Crippen molar-refractivity contribution in [3.05, 3.63) is 57.3 Å². The molecule has 152 valence electrons. The summed E-state index contributed by atoms with van der Waals surface area (Å²) >= 11 is 2.81. The number of aliphatic hydroxyl groups excluding tert-OH is 2. The molecule has 0 spiro atoms. The number of benzene rings is 2. The summed E-state index contributed by atoms with van der Waals surface area (Å²) in [5.41, 5.74) is 1.54. The first-order chi connectivity index (χ1) is 13.3. The maximum absolute atomic E-state index is 14.5. The van der Waals surface area contributed by atoms with Crippen LogP contribution >= 0.6 is 15.9 Å². The fraction of sp³-hybridized carbons (Fsp3) is 0.278. The van der Waals surface area contributed by atoms with E-state index < -0.39 is 48.4 Å². The normalized spacial score (nSPS) is 12.0. The summed E-state index contributed by atoms with van der Waals surface area (Å²) in [6, 6.07) is 5.20. The van der Waals surface area contributed by atoms with Gasteiger partial charge in [0.15, 0.2) is 11.6 Å². The van der Waals surface area contributed by atoms with Crippen molar-refractivity contribution in [3.63, 3.8) is 0 Å². The molecule has 1 atom stereocenters. The molecule has 4 N–H and O–H groups in total. The number of anilines is 2. The summed E-state index contributed by atoms with van der Waals surface area (Å²) in [6.45, 7) is 0.817. The van der Waals surface area contributed by atoms with E-state index in [0.29, 0.717) is 12.0 Å². The van der Waals surface area contributed by atoms with Crippen molar-refractivity contribution in [2.75, 3.05) is 18.5 Å². The summed E-state index contributed by atoms with van der Waals surface area (Å²) < 4.78 is 42.4. The highest BCUT2D eigenvalue weighted by Crippen LogP contribution is 2.32. The molecule has 1 unspecified atom stereocenters. The first-order valence-electron chi connectivity index (χ1n) is 8.22. The highest BCUT2D eigenvalue weighted by molar-refractivity contribution is 9.10. The average molecular weight is 463 g/mol. The Balaban J connectivity index is 2.34. The van der Waals surface area contributed by atoms with Crippen LogP contribution in [0.5, 0.6) is 0 Å². The van der Waals surface area contributed by atoms with Crippen LogP contribution in [0.3, 0.4) is 0 Å². The molecule has 2 aromatic rings. The quantitative estimate of drug-likeness (QED) is 0.357. The Bertz CT molecular complexity index is 867. The summed E-state index contributed by atoms with van der Waals surface area (Å²) in [5, 5.41) is 20.3. The third-order valence-corrected chi connectivity index (χ3v) is 4.34. The van der Waals surface area contributed by atoms with E-state index in [1.54, 1.807) is 6.07 Å². The number of hydrogen-bond donors (Lipinski definition) is 4. The molecule has 0 aliphatic carbocycles. The molecular weight excluding hydrogens is 445 g/mol. The van der Waals surface area contributed by atoms with E-state index in [2.05, 4.69) is 21.2 Å². The topological polar surface area (TPSA) is 90.8 Å². The number of amides is 1. The molecule has 0 aliphatic heterocycles. The van der Waals surface area contributed by atoms with E-state index in [1.807, 2.05) is 12.4 Å². The first kappa shape index (κ1) is 22.2. The number of aryl methyl sites for hydroxylation is 1. The minimum Gasteiger partial charge on any atom is -0.394 e. The Labute approximate surface area is 167 Å². The maximum Gasteiger partial charge on any atom is 0.277 e. The molecule has 0 aromatic heterocycles. The number of hydrogen-bond acceptors (Lipinski definition) is 5. The van der Waals surface area contributed by atoms with Gasteiger partial charge in [-0.2, -0.15) is 0 Å². The zero-order chi connectivity index (χ0) is 20.8. The molecule has 0 bridgehead atoms. The van der Waals surface area contributed by atoms with Gasteiger partial charge >= 0.3 is 0 Å². The van der Waals surface area contributed by atoms with Gasteiger partial charge in [0, 0.05) is 0 Å². The van der Waals surface area contributed by atoms with Gasteiger partial charge in [-0.05, 0) is 46.1 Å². The average Bonchev–Trinajstić information content (AvgIpc) is 2.68. The molecule has 0 saturated heterocycles. The molecule has 0 aliphatic rings. The Kier molecular flexibility index (Phi) is 7.81. The van der Waals surface area contributed by atoms with Gasteiger partial charge in [0.25, 0.3) is 5.91 Å². The predicted molar refractivity (Wildman–Crippen MR) is 99.6 cm³/mol. The molecule has 10 heteroatoms. The fourth-order valence-electron chi connectivity index (χ4n) is 2.22. The highest BCUT2D eigenvalue weighted by Gasteiger charge is 2.23. The van der Waals surface area contributed by atoms with Gasteiger partial charge in [0.1, 0.15) is 18.5 Å². The van der Waals surface area contributed by atoms with Crippen molar-refractivity contribution in [3.8, 4) is 0 Å². The number of nitrogens with one attached hydrogen (secondary N) is 2. The molecule has 2 aromatic carbocycles. The van der Waals surface area contributed by atoms with Gasteiger partial charge in [0.2, 0.25) is 0 Å². The van der Waals surface area contributed by atoms with Crippen LogP contribution in [-0.2, 0) is 11.3 Å². The van der Waals surface area contributed by atoms with Crippen molar-refractivity contribution < 1.29 is 33.0 Å². The summed E-state index contributed by atoms with van der Waals surface area (Å²) in [4.78, 5) is 17.0. The summed E-state index contributed by atoms with van der Waals surface area (Å²) in [6.07, 6.45) is -0.649. The standard InChI is InChI=1S/C18H18BrF3N2O4/c1-2-9-3-4-14(13(20)5-9)23-17-11(6-12(19)15(21)16(17)22)18(27)24-28-8-10(26)7-25/h3-6,10,23,25-26H,2,7-8H2,1H3,(H,24,27). The van der Waals surface area contributed by atoms with Gasteiger partial charge in [0.05, 0.1) is 28.0 Å². The van der Waals surface area contributed by atoms with Crippen LogP contribution < -0.4 is 10.8 Å². The Morgan fingerprint density at radius 1 is 1.25 bits per heavy atom. The zero-order valence-electron chi connectivity index (χ0n) is 14.7. The van der Waals surface area contributed by atoms with Crippen LogP contribution in [0.25, 0.3) is 0 Å². The fourth-order valence-corrected chi connectivity index (χ4v) is 2.62. The third kappa shape index (κ3) is 5.22. The number of carbonyl (C=O) groups excluding carboxylic acids is 1. The van der Waals surface area contributed by atoms with E-state index in [9.17, 15) is 23.1 Å². The van der Waals surface area contributed by atoms with Crippen LogP contribution in [0, 0.1) is 17.5 Å². The smallest absolute Gasteiger partial charge is 0.277 e. The van der Waals surface area contributed by atoms with Gasteiger partial charge in [-0.15, -0.1) is 0 Å². The van der Waals surface area contributed by atoms with Crippen molar-refractivity contribution >= 4 is 33.2 Å². The lowest BCUT2D eigenvalue weighted by Crippen LogP contribution is -2.30. The van der Waals surface area contributed by atoms with E-state index in [4.69, 9.17) is 9.94 Å². The van der Waals surface area contributed by atoms with E-state index in [0.717, 1.165) is 6.07 Å². The van der Waals surface area contributed by atoms with Gasteiger partial charge in [-0.3, -0.25) is 9.63 Å². The maximum atomic E-state index is 14.5. The molecule has 0 fully saturated rings. The molecular formula is C18H18BrF3N2O4. The second-order valence-corrected chi connectivity index (χ2v) is 6.63. The second kappa shape index (κ2) is 9.87. The highest BCUT2D eigenvalue weighted by atomic mass is 79.9. The molecule has 0 heterocycles. The van der Waals surface area contributed by atoms with Gasteiger partial charge in [-0.1, -0.05) is 13.0 Å². The molecule has 6 nitrogen and oxygen atoms in total. The lowest BCUT2D eigenvalue weighted by atomic mass is 10.1. The molecule has 1 amide bonds. The summed E-state index contributed by atoms with van der Waals surface area (Å²) in [7, 11) is 0. The van der Waals surface area contributed by atoms with E-state index >= 15 is 0 Å². The molecule has 0 saturated carbocycles. The lowest BCUT2D eigenvalue weighted by molar-refractivity contribution is -0.0295. The monoisotopic (exact) mass is 462 g/mol. The van der Waals surface area contributed by atoms with Crippen LogP contribution in [0.4, 0.5) is 24.5 Å². The van der Waals surface area contributed by atoms with E-state index in [-0.39, 0.29) is 15.7 Å². The van der Waals surface area contributed by atoms with Gasteiger partial charge < -0.3 is 15.5 Å². The van der Waals surface area contributed by atoms with Crippen LogP contribution in [0.1, 0.15) is 22.8 Å². The first-order valence-corrected chi connectivity index (χ1v) is 9.01. The Morgan fingerprint density at radius 2 is 1.96 bits per heavy atom. The van der Waals surface area contributed by atoms with E-state index in [1.165, 1.54) is 12.1 Å². The predicted octanol–water partition coefficient (Wildman–Crippen LogP) is 3.19. The van der Waals surface area contributed by atoms with Crippen LogP contribution in [0.15, 0.2) is 28.7 Å². The minimum atomic E-state index is -1.39.